The third kappa shape index (κ3) is 2.29. The number of amides is 1. The number of nitrogens with zero attached hydrogens (tertiary/aromatic N) is 3. The molecule has 0 N–H and O–H groups in total. The molecule has 0 bridgehead atoms. The van der Waals surface area contributed by atoms with E-state index in [1.54, 1.807) is 4.90 Å². The molecule has 2 heterocycles. The molecule has 20 heavy (non-hydrogen) atoms. The number of piperidine rings is 1. The van der Waals surface area contributed by atoms with Gasteiger partial charge in [0.1, 0.15) is 12.5 Å². The Morgan fingerprint density at radius 1 is 1.25 bits per heavy atom. The summed E-state index contributed by atoms with van der Waals surface area (Å²) in [5.41, 5.74) is 0.0737. The van der Waals surface area contributed by atoms with Gasteiger partial charge in [-0.3, -0.25) is 14.2 Å². The summed E-state index contributed by atoms with van der Waals surface area (Å²) in [6.45, 7) is 0.866. The van der Waals surface area contributed by atoms with Crippen molar-refractivity contribution in [3.05, 3.63) is 40.7 Å². The summed E-state index contributed by atoms with van der Waals surface area (Å²) in [7, 11) is 0. The van der Waals surface area contributed by atoms with Gasteiger partial charge in [-0.1, -0.05) is 0 Å². The van der Waals surface area contributed by atoms with Gasteiger partial charge in [-0.2, -0.15) is 0 Å². The van der Waals surface area contributed by atoms with E-state index in [1.807, 2.05) is 0 Å². The maximum absolute atomic E-state index is 13.1. The fourth-order valence-electron chi connectivity index (χ4n) is 2.43. The standard InChI is InChI=1S/C14H14FN3O2/c15-10-4-5-11-12(7-10)16-8-18(14(11)20)9-17-6-2-1-3-13(17)19/h4-5,7-8H,1-3,6,9H2. The van der Waals surface area contributed by atoms with E-state index < -0.39 is 5.82 Å². The molecule has 0 atom stereocenters. The zero-order valence-electron chi connectivity index (χ0n) is 10.9. The van der Waals surface area contributed by atoms with Crippen molar-refractivity contribution in [1.29, 1.82) is 0 Å². The molecule has 0 unspecified atom stereocenters. The van der Waals surface area contributed by atoms with Crippen molar-refractivity contribution in [2.75, 3.05) is 6.54 Å². The van der Waals surface area contributed by atoms with Gasteiger partial charge in [-0.25, -0.2) is 9.37 Å². The molecule has 1 aromatic heterocycles. The predicted molar refractivity (Wildman–Crippen MR) is 71.5 cm³/mol. The second-order valence-corrected chi connectivity index (χ2v) is 4.94. The summed E-state index contributed by atoms with van der Waals surface area (Å²) in [4.78, 5) is 29.8. The van der Waals surface area contributed by atoms with Crippen molar-refractivity contribution in [3.8, 4) is 0 Å². The largest absolute Gasteiger partial charge is 0.324 e. The van der Waals surface area contributed by atoms with Crippen molar-refractivity contribution in [2.45, 2.75) is 25.9 Å². The van der Waals surface area contributed by atoms with Crippen LogP contribution < -0.4 is 5.56 Å². The number of aromatic nitrogens is 2. The summed E-state index contributed by atoms with van der Waals surface area (Å²) in [6.07, 6.45) is 3.75. The lowest BCUT2D eigenvalue weighted by Gasteiger charge is -2.27. The van der Waals surface area contributed by atoms with E-state index in [9.17, 15) is 14.0 Å². The molecule has 0 radical (unpaired) electrons. The van der Waals surface area contributed by atoms with Crippen LogP contribution in [0.5, 0.6) is 0 Å². The maximum Gasteiger partial charge on any atom is 0.262 e. The van der Waals surface area contributed by atoms with Crippen LogP contribution in [0.2, 0.25) is 0 Å². The molecule has 104 valence electrons. The van der Waals surface area contributed by atoms with Crippen LogP contribution in [0.4, 0.5) is 4.39 Å². The van der Waals surface area contributed by atoms with Gasteiger partial charge in [-0.15, -0.1) is 0 Å². The van der Waals surface area contributed by atoms with Crippen LogP contribution in [0.15, 0.2) is 29.3 Å². The topological polar surface area (TPSA) is 55.2 Å². The number of rotatable bonds is 2. The number of halogens is 1. The average Bonchev–Trinajstić information content (AvgIpc) is 2.44. The molecule has 2 aromatic rings. The van der Waals surface area contributed by atoms with Crippen LogP contribution in [0.1, 0.15) is 19.3 Å². The molecule has 0 aliphatic carbocycles. The number of carbonyl (C=O) groups excluding carboxylic acids is 1. The molecule has 1 aromatic carbocycles. The first-order chi connectivity index (χ1) is 9.65. The Bertz CT molecular complexity index is 726. The highest BCUT2D eigenvalue weighted by Crippen LogP contribution is 2.12. The molecule has 1 fully saturated rings. The Morgan fingerprint density at radius 3 is 2.90 bits per heavy atom. The lowest BCUT2D eigenvalue weighted by atomic mass is 10.1. The first kappa shape index (κ1) is 12.8. The number of fused-ring (bicyclic) bond motifs is 1. The third-order valence-corrected chi connectivity index (χ3v) is 3.53. The third-order valence-electron chi connectivity index (χ3n) is 3.53. The van der Waals surface area contributed by atoms with Crippen LogP contribution in [0, 0.1) is 5.82 Å². The van der Waals surface area contributed by atoms with E-state index in [0.29, 0.717) is 23.9 Å². The van der Waals surface area contributed by atoms with Gasteiger partial charge in [0.2, 0.25) is 5.91 Å². The van der Waals surface area contributed by atoms with Gasteiger partial charge < -0.3 is 4.90 Å². The molecule has 1 aliphatic heterocycles. The van der Waals surface area contributed by atoms with Crippen molar-refractivity contribution in [3.63, 3.8) is 0 Å². The van der Waals surface area contributed by atoms with Gasteiger partial charge in [-0.05, 0) is 25.0 Å². The zero-order valence-corrected chi connectivity index (χ0v) is 10.9. The lowest BCUT2D eigenvalue weighted by Crippen LogP contribution is -2.39. The van der Waals surface area contributed by atoms with E-state index in [1.165, 1.54) is 29.1 Å². The van der Waals surface area contributed by atoms with Gasteiger partial charge in [0.25, 0.3) is 5.56 Å². The van der Waals surface area contributed by atoms with E-state index in [4.69, 9.17) is 0 Å². The number of hydrogen-bond acceptors (Lipinski definition) is 3. The number of carbonyl (C=O) groups is 1. The van der Waals surface area contributed by atoms with Crippen LogP contribution in [-0.2, 0) is 11.5 Å². The van der Waals surface area contributed by atoms with Crippen LogP contribution in [0.3, 0.4) is 0 Å². The van der Waals surface area contributed by atoms with Crippen molar-refractivity contribution < 1.29 is 9.18 Å². The van der Waals surface area contributed by atoms with Gasteiger partial charge in [0.15, 0.2) is 0 Å². The van der Waals surface area contributed by atoms with Crippen LogP contribution in [-0.4, -0.2) is 26.9 Å². The molecule has 6 heteroatoms. The summed E-state index contributed by atoms with van der Waals surface area (Å²) >= 11 is 0. The molecule has 0 saturated carbocycles. The monoisotopic (exact) mass is 275 g/mol. The second kappa shape index (κ2) is 5.03. The Balaban J connectivity index is 1.96. The Kier molecular flexibility index (Phi) is 3.22. The van der Waals surface area contributed by atoms with E-state index >= 15 is 0 Å². The second-order valence-electron chi connectivity index (χ2n) is 4.94. The summed E-state index contributed by atoms with van der Waals surface area (Å²) in [5.74, 6) is -0.365. The van der Waals surface area contributed by atoms with Crippen LogP contribution in [0.25, 0.3) is 10.9 Å². The predicted octanol–water partition coefficient (Wildman–Crippen LogP) is 1.51. The number of benzene rings is 1. The van der Waals surface area contributed by atoms with Crippen LogP contribution >= 0.6 is 0 Å². The van der Waals surface area contributed by atoms with Gasteiger partial charge in [0.05, 0.1) is 17.2 Å². The molecular weight excluding hydrogens is 261 g/mol. The molecule has 3 rings (SSSR count). The van der Waals surface area contributed by atoms with Crippen molar-refractivity contribution in [1.82, 2.24) is 14.5 Å². The summed E-state index contributed by atoms with van der Waals surface area (Å²) in [5, 5.41) is 0.360. The van der Waals surface area contributed by atoms with E-state index in [0.717, 1.165) is 12.8 Å². The van der Waals surface area contributed by atoms with Gasteiger partial charge in [0, 0.05) is 19.0 Å². The van der Waals surface area contributed by atoms with Gasteiger partial charge >= 0.3 is 0 Å². The molecule has 0 spiro atoms. The highest BCUT2D eigenvalue weighted by molar-refractivity contribution is 5.77. The van der Waals surface area contributed by atoms with E-state index in [-0.39, 0.29) is 18.1 Å². The molecule has 1 aliphatic rings. The Hall–Kier alpha value is -2.24. The minimum atomic E-state index is -0.423. The SMILES string of the molecule is O=C1CCCCN1Cn1cnc2cc(F)ccc2c1=O. The van der Waals surface area contributed by atoms with Crippen molar-refractivity contribution in [2.24, 2.45) is 0 Å². The quantitative estimate of drug-likeness (QED) is 0.834. The summed E-state index contributed by atoms with van der Waals surface area (Å²) in [6, 6.07) is 3.89. The highest BCUT2D eigenvalue weighted by Gasteiger charge is 2.18. The zero-order chi connectivity index (χ0) is 14.1. The smallest absolute Gasteiger partial charge is 0.262 e. The van der Waals surface area contributed by atoms with E-state index in [2.05, 4.69) is 4.98 Å². The Labute approximate surface area is 114 Å². The molecule has 1 amide bonds. The molecular formula is C14H14FN3O2. The number of likely N-dealkylation sites (tertiary alicyclic amines) is 1. The molecule has 1 saturated heterocycles. The fraction of sp³-hybridized carbons (Fsp3) is 0.357. The summed E-state index contributed by atoms with van der Waals surface area (Å²) < 4.78 is 14.5. The minimum absolute atomic E-state index is 0.0577. The lowest BCUT2D eigenvalue weighted by molar-refractivity contribution is -0.135. The average molecular weight is 275 g/mol. The first-order valence-electron chi connectivity index (χ1n) is 6.57. The van der Waals surface area contributed by atoms with Crippen molar-refractivity contribution >= 4 is 16.8 Å². The molecule has 5 nitrogen and oxygen atoms in total. The highest BCUT2D eigenvalue weighted by atomic mass is 19.1. The number of hydrogen-bond donors (Lipinski definition) is 0. The normalized spacial score (nSPS) is 15.8. The first-order valence-corrected chi connectivity index (χ1v) is 6.57. The Morgan fingerprint density at radius 2 is 2.10 bits per heavy atom. The minimum Gasteiger partial charge on any atom is -0.324 e. The maximum atomic E-state index is 13.1. The fourth-order valence-corrected chi connectivity index (χ4v) is 2.43.